The van der Waals surface area contributed by atoms with Gasteiger partial charge in [-0.3, -0.25) is 0 Å². The molecular formula is C55H44O. The summed E-state index contributed by atoms with van der Waals surface area (Å²) >= 11 is 0. The Labute approximate surface area is 330 Å². The first-order chi connectivity index (χ1) is 27.0. The minimum atomic E-state index is -0.440. The summed E-state index contributed by atoms with van der Waals surface area (Å²) in [6.07, 6.45) is 0. The van der Waals surface area contributed by atoms with Crippen molar-refractivity contribution in [3.63, 3.8) is 0 Å². The molecule has 0 atom stereocenters. The van der Waals surface area contributed by atoms with Crippen LogP contribution < -0.4 is 4.74 Å². The second kappa shape index (κ2) is 11.4. The third kappa shape index (κ3) is 4.49. The van der Waals surface area contributed by atoms with Crippen LogP contribution in [0.2, 0.25) is 0 Å². The highest BCUT2D eigenvalue weighted by Gasteiger charge is 2.52. The van der Waals surface area contributed by atoms with Gasteiger partial charge in [-0.1, -0.05) is 181 Å². The fourth-order valence-electron chi connectivity index (χ4n) is 10.1. The zero-order chi connectivity index (χ0) is 38.1. The average molecular weight is 721 g/mol. The molecule has 1 heteroatoms. The van der Waals surface area contributed by atoms with Crippen LogP contribution in [0.3, 0.4) is 0 Å². The van der Waals surface area contributed by atoms with Gasteiger partial charge in [0, 0.05) is 10.9 Å². The maximum Gasteiger partial charge on any atom is 0.135 e. The largest absolute Gasteiger partial charge is 0.456 e. The zero-order valence-corrected chi connectivity index (χ0v) is 32.9. The van der Waals surface area contributed by atoms with E-state index in [9.17, 15) is 0 Å². The summed E-state index contributed by atoms with van der Waals surface area (Å²) in [5.74, 6) is 1.81. The first-order valence-corrected chi connectivity index (χ1v) is 20.0. The Bertz CT molecular complexity index is 2880. The van der Waals surface area contributed by atoms with Crippen molar-refractivity contribution < 1.29 is 4.74 Å². The minimum absolute atomic E-state index is 0.0128. The topological polar surface area (TPSA) is 9.23 Å². The number of rotatable bonds is 2. The molecular weight excluding hydrogens is 677 g/mol. The number of hydrogen-bond donors (Lipinski definition) is 0. The predicted octanol–water partition coefficient (Wildman–Crippen LogP) is 14.9. The van der Waals surface area contributed by atoms with E-state index in [1.807, 2.05) is 0 Å². The summed E-state index contributed by atoms with van der Waals surface area (Å²) in [6, 6.07) is 59.3. The van der Waals surface area contributed by atoms with E-state index in [0.29, 0.717) is 0 Å². The van der Waals surface area contributed by atoms with Gasteiger partial charge in [0.1, 0.15) is 11.5 Å². The van der Waals surface area contributed by atoms with E-state index in [1.54, 1.807) is 0 Å². The molecule has 3 aliphatic rings. The summed E-state index contributed by atoms with van der Waals surface area (Å²) in [6.45, 7) is 14.0. The van der Waals surface area contributed by atoms with Crippen molar-refractivity contribution in [1.82, 2.24) is 0 Å². The fourth-order valence-corrected chi connectivity index (χ4v) is 10.1. The molecule has 8 aromatic carbocycles. The lowest BCUT2D eigenvalue weighted by Gasteiger charge is -2.33. The maximum atomic E-state index is 6.71. The van der Waals surface area contributed by atoms with Gasteiger partial charge in [0.2, 0.25) is 0 Å². The average Bonchev–Trinajstić information content (AvgIpc) is 3.67. The summed E-state index contributed by atoms with van der Waals surface area (Å²) in [5, 5.41) is 2.38. The molecule has 1 aliphatic heterocycles. The minimum Gasteiger partial charge on any atom is -0.456 e. The molecule has 0 fully saturated rings. The second-order valence-electron chi connectivity index (χ2n) is 18.1. The quantitative estimate of drug-likeness (QED) is 0.173. The van der Waals surface area contributed by atoms with Gasteiger partial charge in [0.15, 0.2) is 0 Å². The smallest absolute Gasteiger partial charge is 0.135 e. The molecule has 0 saturated heterocycles. The molecule has 2 aliphatic carbocycles. The number of fused-ring (bicyclic) bond motifs is 12. The molecule has 0 saturated carbocycles. The van der Waals surface area contributed by atoms with Crippen molar-refractivity contribution in [2.24, 2.45) is 0 Å². The molecule has 0 amide bonds. The predicted molar refractivity (Wildman–Crippen MR) is 234 cm³/mol. The molecule has 0 bridgehead atoms. The van der Waals surface area contributed by atoms with E-state index in [1.165, 1.54) is 94.2 Å². The molecule has 1 nitrogen and oxygen atoms in total. The first kappa shape index (κ1) is 33.2. The first-order valence-electron chi connectivity index (χ1n) is 20.0. The van der Waals surface area contributed by atoms with Crippen molar-refractivity contribution in [2.45, 2.75) is 57.8 Å². The lowest BCUT2D eigenvalue weighted by Crippen LogP contribution is -2.27. The highest BCUT2D eigenvalue weighted by atomic mass is 16.5. The van der Waals surface area contributed by atoms with E-state index in [4.69, 9.17) is 4.74 Å². The number of ether oxygens (including phenoxy) is 1. The molecule has 1 heterocycles. The molecule has 8 aromatic rings. The standard InChI is InChI=1S/C55H44O/c1-53(2,3)35-23-25-39-40-26-24-36(54(4,5)6)32-48(40)55(47(39)31-35)45-20-11-10-16-43(45)51-38(17-13-21-46(51)55)34-22-28-49-44(30-34)42-19-12-18-41-37(33-14-8-7-9-15-33)27-29-50(56-49)52(41)42/h7-32H,1-6H3. The lowest BCUT2D eigenvalue weighted by molar-refractivity contribution is 0.487. The third-order valence-corrected chi connectivity index (χ3v) is 12.8. The van der Waals surface area contributed by atoms with Gasteiger partial charge in [-0.05, 0) is 118 Å². The highest BCUT2D eigenvalue weighted by molar-refractivity contribution is 6.10. The van der Waals surface area contributed by atoms with E-state index >= 15 is 0 Å². The van der Waals surface area contributed by atoms with Gasteiger partial charge < -0.3 is 4.74 Å². The molecule has 0 unspecified atom stereocenters. The molecule has 0 radical (unpaired) electrons. The Morgan fingerprint density at radius 1 is 0.375 bits per heavy atom. The SMILES string of the molecule is CC(C)(C)c1ccc2c(c1)C1(c3cc(C(C)(C)C)ccc3-2)c2ccccc2-c2c(-c3ccc4c(c3)-c3cccc5c(-c6ccccc6)ccc(c35)O4)cccc21. The third-order valence-electron chi connectivity index (χ3n) is 12.8. The maximum absolute atomic E-state index is 6.71. The Kier molecular flexibility index (Phi) is 6.77. The van der Waals surface area contributed by atoms with E-state index in [-0.39, 0.29) is 10.8 Å². The van der Waals surface area contributed by atoms with Crippen molar-refractivity contribution in [3.05, 3.63) is 191 Å². The molecule has 0 aromatic heterocycles. The van der Waals surface area contributed by atoms with Crippen LogP contribution in [0.15, 0.2) is 158 Å². The van der Waals surface area contributed by atoms with Gasteiger partial charge in [0.05, 0.1) is 5.41 Å². The zero-order valence-electron chi connectivity index (χ0n) is 32.9. The summed E-state index contributed by atoms with van der Waals surface area (Å²) in [4.78, 5) is 0. The molecule has 1 spiro atoms. The summed E-state index contributed by atoms with van der Waals surface area (Å²) < 4.78 is 6.71. The summed E-state index contributed by atoms with van der Waals surface area (Å²) in [7, 11) is 0. The number of benzene rings is 8. The second-order valence-corrected chi connectivity index (χ2v) is 18.1. The Hall–Kier alpha value is -6.18. The normalized spacial score (nSPS) is 14.2. The van der Waals surface area contributed by atoms with Gasteiger partial charge in [-0.15, -0.1) is 0 Å². The van der Waals surface area contributed by atoms with Gasteiger partial charge in [0.25, 0.3) is 0 Å². The highest BCUT2D eigenvalue weighted by Crippen LogP contribution is 2.65. The van der Waals surface area contributed by atoms with Crippen molar-refractivity contribution >= 4 is 10.8 Å². The van der Waals surface area contributed by atoms with Gasteiger partial charge in [-0.25, -0.2) is 0 Å². The van der Waals surface area contributed by atoms with E-state index < -0.39 is 5.41 Å². The Balaban J connectivity index is 1.17. The van der Waals surface area contributed by atoms with Crippen LogP contribution in [0.1, 0.15) is 74.9 Å². The van der Waals surface area contributed by atoms with Crippen LogP contribution in [0, 0.1) is 0 Å². The molecule has 270 valence electrons. The van der Waals surface area contributed by atoms with Crippen molar-refractivity contribution in [3.8, 4) is 67.1 Å². The van der Waals surface area contributed by atoms with Crippen LogP contribution >= 0.6 is 0 Å². The Morgan fingerprint density at radius 3 is 1.68 bits per heavy atom. The van der Waals surface area contributed by atoms with Crippen LogP contribution in [-0.4, -0.2) is 0 Å². The van der Waals surface area contributed by atoms with Gasteiger partial charge in [-0.2, -0.15) is 0 Å². The molecule has 56 heavy (non-hydrogen) atoms. The number of hydrogen-bond acceptors (Lipinski definition) is 1. The van der Waals surface area contributed by atoms with E-state index in [0.717, 1.165) is 17.1 Å². The van der Waals surface area contributed by atoms with Crippen LogP contribution in [0.4, 0.5) is 0 Å². The van der Waals surface area contributed by atoms with Crippen molar-refractivity contribution in [1.29, 1.82) is 0 Å². The van der Waals surface area contributed by atoms with Crippen LogP contribution in [0.25, 0.3) is 66.4 Å². The van der Waals surface area contributed by atoms with Crippen LogP contribution in [-0.2, 0) is 16.2 Å². The fraction of sp³-hybridized carbons (Fsp3) is 0.164. The van der Waals surface area contributed by atoms with E-state index in [2.05, 4.69) is 199 Å². The Morgan fingerprint density at radius 2 is 0.964 bits per heavy atom. The molecule has 0 N–H and O–H groups in total. The van der Waals surface area contributed by atoms with Crippen LogP contribution in [0.5, 0.6) is 11.5 Å². The summed E-state index contributed by atoms with van der Waals surface area (Å²) in [5.41, 5.74) is 20.4. The monoisotopic (exact) mass is 720 g/mol. The molecule has 11 rings (SSSR count). The lowest BCUT2D eigenvalue weighted by atomic mass is 9.68. The van der Waals surface area contributed by atoms with Gasteiger partial charge >= 0.3 is 0 Å². The van der Waals surface area contributed by atoms with Crippen molar-refractivity contribution in [2.75, 3.05) is 0 Å².